The Hall–Kier alpha value is -1.09. The zero-order chi connectivity index (χ0) is 15.0. The van der Waals surface area contributed by atoms with Crippen LogP contribution in [0.3, 0.4) is 0 Å². The van der Waals surface area contributed by atoms with Crippen molar-refractivity contribution in [2.24, 2.45) is 11.1 Å². The molecule has 0 atom stereocenters. The van der Waals surface area contributed by atoms with Crippen LogP contribution >= 0.6 is 0 Å². The smallest absolute Gasteiger partial charge is 0.129 e. The van der Waals surface area contributed by atoms with Crippen LogP contribution in [0.25, 0.3) is 0 Å². The summed E-state index contributed by atoms with van der Waals surface area (Å²) in [6, 6.07) is 4.31. The van der Waals surface area contributed by atoms with Gasteiger partial charge in [-0.1, -0.05) is 34.6 Å². The number of hydrogen-bond acceptors (Lipinski definition) is 3. The predicted molar refractivity (Wildman–Crippen MR) is 86.1 cm³/mol. The molecule has 112 valence electrons. The van der Waals surface area contributed by atoms with E-state index in [1.807, 2.05) is 0 Å². The summed E-state index contributed by atoms with van der Waals surface area (Å²) in [6.07, 6.45) is 2.46. The zero-order valence-electron chi connectivity index (χ0n) is 13.7. The van der Waals surface area contributed by atoms with E-state index < -0.39 is 0 Å². The van der Waals surface area contributed by atoms with Gasteiger partial charge in [-0.3, -0.25) is 0 Å². The van der Waals surface area contributed by atoms with Crippen molar-refractivity contribution >= 4 is 5.82 Å². The van der Waals surface area contributed by atoms with Crippen LogP contribution in [0.4, 0.5) is 5.82 Å². The summed E-state index contributed by atoms with van der Waals surface area (Å²) < 4.78 is 0. The maximum absolute atomic E-state index is 5.86. The second-order valence-corrected chi connectivity index (χ2v) is 7.82. The average molecular weight is 275 g/mol. The highest BCUT2D eigenvalue weighted by Crippen LogP contribution is 2.32. The fourth-order valence-electron chi connectivity index (χ4n) is 2.58. The lowest BCUT2D eigenvalue weighted by Crippen LogP contribution is -2.38. The van der Waals surface area contributed by atoms with Crippen LogP contribution in [0.1, 0.15) is 58.7 Å². The van der Waals surface area contributed by atoms with Crippen LogP contribution in [0, 0.1) is 5.41 Å². The lowest BCUT2D eigenvalue weighted by Gasteiger charge is -2.38. The highest BCUT2D eigenvalue weighted by molar-refractivity contribution is 5.44. The molecule has 0 bridgehead atoms. The minimum Gasteiger partial charge on any atom is -0.357 e. The third-order valence-electron chi connectivity index (χ3n) is 4.32. The van der Waals surface area contributed by atoms with Crippen LogP contribution in [-0.2, 0) is 12.0 Å². The van der Waals surface area contributed by atoms with Gasteiger partial charge in [-0.05, 0) is 36.0 Å². The van der Waals surface area contributed by atoms with E-state index in [0.717, 1.165) is 24.6 Å². The summed E-state index contributed by atoms with van der Waals surface area (Å²) in [5, 5.41) is 0. The number of piperidine rings is 1. The molecular formula is C17H29N3. The SMILES string of the molecule is CC1(C)CCN(c2cc(CN)cc(C(C)(C)C)n2)CC1. The van der Waals surface area contributed by atoms with E-state index in [-0.39, 0.29) is 5.41 Å². The predicted octanol–water partition coefficient (Wildman–Crippen LogP) is 3.46. The van der Waals surface area contributed by atoms with Crippen molar-refractivity contribution in [2.45, 2.75) is 59.4 Å². The van der Waals surface area contributed by atoms with Crippen molar-refractivity contribution in [3.8, 4) is 0 Å². The van der Waals surface area contributed by atoms with Gasteiger partial charge in [-0.2, -0.15) is 0 Å². The molecule has 0 unspecified atom stereocenters. The molecule has 0 aliphatic carbocycles. The first kappa shape index (κ1) is 15.3. The van der Waals surface area contributed by atoms with E-state index in [9.17, 15) is 0 Å². The highest BCUT2D eigenvalue weighted by atomic mass is 15.2. The number of aromatic nitrogens is 1. The Labute approximate surface area is 123 Å². The minimum absolute atomic E-state index is 0.0645. The van der Waals surface area contributed by atoms with Gasteiger partial charge in [-0.15, -0.1) is 0 Å². The Morgan fingerprint density at radius 1 is 1.20 bits per heavy atom. The molecule has 2 rings (SSSR count). The monoisotopic (exact) mass is 275 g/mol. The number of nitrogens with two attached hydrogens (primary N) is 1. The molecule has 0 radical (unpaired) electrons. The average Bonchev–Trinajstić information content (AvgIpc) is 2.37. The minimum atomic E-state index is 0.0645. The molecule has 2 N–H and O–H groups in total. The Morgan fingerprint density at radius 2 is 1.80 bits per heavy atom. The third-order valence-corrected chi connectivity index (χ3v) is 4.32. The van der Waals surface area contributed by atoms with E-state index in [1.165, 1.54) is 18.4 Å². The van der Waals surface area contributed by atoms with Crippen molar-refractivity contribution in [3.63, 3.8) is 0 Å². The van der Waals surface area contributed by atoms with E-state index >= 15 is 0 Å². The molecule has 1 aromatic rings. The number of rotatable bonds is 2. The number of nitrogens with zero attached hydrogens (tertiary/aromatic N) is 2. The van der Waals surface area contributed by atoms with Gasteiger partial charge in [0.05, 0.1) is 0 Å². The second-order valence-electron chi connectivity index (χ2n) is 7.82. The van der Waals surface area contributed by atoms with Crippen LogP contribution in [0.15, 0.2) is 12.1 Å². The van der Waals surface area contributed by atoms with Crippen LogP contribution in [0.2, 0.25) is 0 Å². The number of hydrogen-bond donors (Lipinski definition) is 1. The standard InChI is InChI=1S/C17H29N3/c1-16(2,3)14-10-13(12-18)11-15(19-14)20-8-6-17(4,5)7-9-20/h10-11H,6-9,12,18H2,1-5H3. The summed E-state index contributed by atoms with van der Waals surface area (Å²) in [5.74, 6) is 1.10. The van der Waals surface area contributed by atoms with Crippen molar-refractivity contribution in [1.82, 2.24) is 4.98 Å². The summed E-state index contributed by atoms with van der Waals surface area (Å²) in [4.78, 5) is 7.31. The molecule has 0 aromatic carbocycles. The quantitative estimate of drug-likeness (QED) is 0.898. The molecule has 2 heterocycles. The van der Waals surface area contributed by atoms with Gasteiger partial charge in [-0.25, -0.2) is 4.98 Å². The molecule has 0 saturated carbocycles. The molecule has 1 aliphatic heterocycles. The fourth-order valence-corrected chi connectivity index (χ4v) is 2.58. The fraction of sp³-hybridized carbons (Fsp3) is 0.706. The normalized spacial score (nSPS) is 19.2. The zero-order valence-corrected chi connectivity index (χ0v) is 13.7. The molecule has 1 saturated heterocycles. The van der Waals surface area contributed by atoms with Crippen molar-refractivity contribution in [2.75, 3.05) is 18.0 Å². The second kappa shape index (κ2) is 5.36. The first-order valence-electron chi connectivity index (χ1n) is 7.68. The maximum Gasteiger partial charge on any atom is 0.129 e. The van der Waals surface area contributed by atoms with Crippen molar-refractivity contribution in [3.05, 3.63) is 23.4 Å². The van der Waals surface area contributed by atoms with Crippen molar-refractivity contribution < 1.29 is 0 Å². The van der Waals surface area contributed by atoms with E-state index in [4.69, 9.17) is 10.7 Å². The van der Waals surface area contributed by atoms with E-state index in [0.29, 0.717) is 12.0 Å². The van der Waals surface area contributed by atoms with E-state index in [2.05, 4.69) is 51.7 Å². The van der Waals surface area contributed by atoms with Crippen LogP contribution < -0.4 is 10.6 Å². The summed E-state index contributed by atoms with van der Waals surface area (Å²) in [6.45, 7) is 14.1. The first-order chi connectivity index (χ1) is 9.21. The van der Waals surface area contributed by atoms with Crippen LogP contribution in [-0.4, -0.2) is 18.1 Å². The topological polar surface area (TPSA) is 42.1 Å². The van der Waals surface area contributed by atoms with Gasteiger partial charge in [0, 0.05) is 30.7 Å². The molecule has 3 heteroatoms. The Kier molecular flexibility index (Phi) is 4.10. The van der Waals surface area contributed by atoms with E-state index in [1.54, 1.807) is 0 Å². The first-order valence-corrected chi connectivity index (χ1v) is 7.68. The van der Waals surface area contributed by atoms with Gasteiger partial charge in [0.1, 0.15) is 5.82 Å². The largest absolute Gasteiger partial charge is 0.357 e. The number of anilines is 1. The molecule has 1 aromatic heterocycles. The summed E-state index contributed by atoms with van der Waals surface area (Å²) in [5.41, 5.74) is 8.71. The molecule has 20 heavy (non-hydrogen) atoms. The summed E-state index contributed by atoms with van der Waals surface area (Å²) in [7, 11) is 0. The Balaban J connectivity index is 2.28. The molecule has 0 amide bonds. The molecule has 1 fully saturated rings. The lowest BCUT2D eigenvalue weighted by atomic mass is 9.82. The number of pyridine rings is 1. The van der Waals surface area contributed by atoms with Gasteiger partial charge < -0.3 is 10.6 Å². The molecular weight excluding hydrogens is 246 g/mol. The maximum atomic E-state index is 5.86. The van der Waals surface area contributed by atoms with Crippen LogP contribution in [0.5, 0.6) is 0 Å². The van der Waals surface area contributed by atoms with Gasteiger partial charge in [0.15, 0.2) is 0 Å². The highest BCUT2D eigenvalue weighted by Gasteiger charge is 2.27. The van der Waals surface area contributed by atoms with Gasteiger partial charge in [0.2, 0.25) is 0 Å². The van der Waals surface area contributed by atoms with Gasteiger partial charge >= 0.3 is 0 Å². The van der Waals surface area contributed by atoms with Gasteiger partial charge in [0.25, 0.3) is 0 Å². The van der Waals surface area contributed by atoms with Crippen molar-refractivity contribution in [1.29, 1.82) is 0 Å². The molecule has 3 nitrogen and oxygen atoms in total. The molecule has 1 aliphatic rings. The third kappa shape index (κ3) is 3.51. The Bertz CT molecular complexity index is 462. The summed E-state index contributed by atoms with van der Waals surface area (Å²) >= 11 is 0. The lowest BCUT2D eigenvalue weighted by molar-refractivity contribution is 0.279. The molecule has 0 spiro atoms. The Morgan fingerprint density at radius 3 is 2.30 bits per heavy atom.